The van der Waals surface area contributed by atoms with Gasteiger partial charge in [0, 0.05) is 37.4 Å². The van der Waals surface area contributed by atoms with E-state index >= 15 is 0 Å². The van der Waals surface area contributed by atoms with Crippen molar-refractivity contribution in [1.29, 1.82) is 0 Å². The fraction of sp³-hybridized carbons (Fsp3) is 0.294. The molecule has 1 aliphatic rings. The van der Waals surface area contributed by atoms with Crippen molar-refractivity contribution in [3.8, 4) is 0 Å². The van der Waals surface area contributed by atoms with Crippen molar-refractivity contribution in [2.24, 2.45) is 0 Å². The summed E-state index contributed by atoms with van der Waals surface area (Å²) < 4.78 is 0. The van der Waals surface area contributed by atoms with Crippen molar-refractivity contribution >= 4 is 28.8 Å². The molecule has 1 aliphatic heterocycles. The predicted molar refractivity (Wildman–Crippen MR) is 92.2 cm³/mol. The number of piperazine rings is 1. The summed E-state index contributed by atoms with van der Waals surface area (Å²) in [4.78, 5) is 27.1. The van der Waals surface area contributed by atoms with Crippen molar-refractivity contribution in [3.63, 3.8) is 0 Å². The maximum Gasteiger partial charge on any atom is 0.265 e. The monoisotopic (exact) mass is 329 g/mol. The number of hydrogen-bond donors (Lipinski definition) is 2. The van der Waals surface area contributed by atoms with E-state index in [1.165, 1.54) is 11.3 Å². The number of anilines is 1. The van der Waals surface area contributed by atoms with Crippen LogP contribution in [-0.2, 0) is 0 Å². The molecule has 2 amide bonds. The topological polar surface area (TPSA) is 61.4 Å². The number of carbonyl (C=O) groups is 2. The standard InChI is InChI=1S/C17H19N3O2S/c1-12-11-13(17(22)20-8-6-18-7-9-20)4-5-14(12)19-16(21)15-3-2-10-23-15/h2-5,10-11,18H,6-9H2,1H3,(H,19,21). The summed E-state index contributed by atoms with van der Waals surface area (Å²) in [5.41, 5.74) is 2.29. The fourth-order valence-electron chi connectivity index (χ4n) is 2.58. The van der Waals surface area contributed by atoms with Crippen LogP contribution in [0.3, 0.4) is 0 Å². The molecule has 2 aromatic rings. The van der Waals surface area contributed by atoms with E-state index < -0.39 is 0 Å². The molecule has 5 nitrogen and oxygen atoms in total. The number of amides is 2. The Balaban J connectivity index is 1.72. The molecule has 0 atom stereocenters. The average Bonchev–Trinajstić information content (AvgIpc) is 3.11. The van der Waals surface area contributed by atoms with Crippen LogP contribution in [-0.4, -0.2) is 42.9 Å². The highest BCUT2D eigenvalue weighted by Gasteiger charge is 2.18. The van der Waals surface area contributed by atoms with Crippen LogP contribution in [0.2, 0.25) is 0 Å². The molecule has 3 rings (SSSR count). The number of hydrogen-bond acceptors (Lipinski definition) is 4. The SMILES string of the molecule is Cc1cc(C(=O)N2CCNCC2)ccc1NC(=O)c1cccs1. The van der Waals surface area contributed by atoms with E-state index in [4.69, 9.17) is 0 Å². The second-order valence-corrected chi connectivity index (χ2v) is 6.45. The fourth-order valence-corrected chi connectivity index (χ4v) is 3.20. The first kappa shape index (κ1) is 15.7. The highest BCUT2D eigenvalue weighted by atomic mass is 32.1. The van der Waals surface area contributed by atoms with Crippen molar-refractivity contribution in [1.82, 2.24) is 10.2 Å². The second-order valence-electron chi connectivity index (χ2n) is 5.50. The molecule has 0 radical (unpaired) electrons. The first-order chi connectivity index (χ1) is 11.1. The Morgan fingerprint density at radius 3 is 2.65 bits per heavy atom. The van der Waals surface area contributed by atoms with Gasteiger partial charge in [-0.3, -0.25) is 9.59 Å². The Hall–Kier alpha value is -2.18. The van der Waals surface area contributed by atoms with E-state index in [-0.39, 0.29) is 11.8 Å². The van der Waals surface area contributed by atoms with Crippen molar-refractivity contribution < 1.29 is 9.59 Å². The third kappa shape index (κ3) is 3.60. The number of nitrogens with zero attached hydrogens (tertiary/aromatic N) is 1. The van der Waals surface area contributed by atoms with Gasteiger partial charge in [-0.2, -0.15) is 0 Å². The maximum absolute atomic E-state index is 12.5. The van der Waals surface area contributed by atoms with Crippen LogP contribution in [0.15, 0.2) is 35.7 Å². The largest absolute Gasteiger partial charge is 0.336 e. The lowest BCUT2D eigenvalue weighted by Gasteiger charge is -2.27. The zero-order valence-corrected chi connectivity index (χ0v) is 13.8. The van der Waals surface area contributed by atoms with Gasteiger partial charge < -0.3 is 15.5 Å². The molecule has 0 aliphatic carbocycles. The minimum atomic E-state index is -0.121. The molecule has 1 aromatic heterocycles. The molecular formula is C17H19N3O2S. The van der Waals surface area contributed by atoms with E-state index in [9.17, 15) is 9.59 Å². The van der Waals surface area contributed by atoms with Gasteiger partial charge in [0.05, 0.1) is 4.88 Å². The van der Waals surface area contributed by atoms with Crippen molar-refractivity contribution in [2.75, 3.05) is 31.5 Å². The minimum Gasteiger partial charge on any atom is -0.336 e. The predicted octanol–water partition coefficient (Wildman–Crippen LogP) is 2.35. The van der Waals surface area contributed by atoms with Crippen molar-refractivity contribution in [2.45, 2.75) is 6.92 Å². The molecule has 1 fully saturated rings. The first-order valence-electron chi connectivity index (χ1n) is 7.60. The molecule has 23 heavy (non-hydrogen) atoms. The smallest absolute Gasteiger partial charge is 0.265 e. The number of rotatable bonds is 3. The van der Waals surface area contributed by atoms with Crippen LogP contribution >= 0.6 is 11.3 Å². The number of carbonyl (C=O) groups excluding carboxylic acids is 2. The highest BCUT2D eigenvalue weighted by Crippen LogP contribution is 2.20. The van der Waals surface area contributed by atoms with Crippen LogP contribution in [0, 0.1) is 6.92 Å². The van der Waals surface area contributed by atoms with Crippen LogP contribution in [0.4, 0.5) is 5.69 Å². The Bertz CT molecular complexity index is 707. The molecule has 0 saturated carbocycles. The van der Waals surface area contributed by atoms with Gasteiger partial charge in [-0.05, 0) is 42.1 Å². The Morgan fingerprint density at radius 1 is 1.22 bits per heavy atom. The summed E-state index contributed by atoms with van der Waals surface area (Å²) in [6, 6.07) is 9.06. The van der Waals surface area contributed by atoms with Gasteiger partial charge in [0.15, 0.2) is 0 Å². The van der Waals surface area contributed by atoms with Gasteiger partial charge in [0.1, 0.15) is 0 Å². The van der Waals surface area contributed by atoms with E-state index in [2.05, 4.69) is 10.6 Å². The minimum absolute atomic E-state index is 0.0470. The Morgan fingerprint density at radius 2 is 2.00 bits per heavy atom. The summed E-state index contributed by atoms with van der Waals surface area (Å²) in [7, 11) is 0. The van der Waals surface area contributed by atoms with Crippen LogP contribution < -0.4 is 10.6 Å². The van der Waals surface area contributed by atoms with E-state index in [1.54, 1.807) is 18.2 Å². The summed E-state index contributed by atoms with van der Waals surface area (Å²) in [5.74, 6) is -0.0741. The molecule has 1 saturated heterocycles. The van der Waals surface area contributed by atoms with Crippen molar-refractivity contribution in [3.05, 3.63) is 51.7 Å². The highest BCUT2D eigenvalue weighted by molar-refractivity contribution is 7.12. The Labute approximate surface area is 139 Å². The number of nitrogens with one attached hydrogen (secondary N) is 2. The number of benzene rings is 1. The summed E-state index contributed by atoms with van der Waals surface area (Å²) >= 11 is 1.40. The third-order valence-electron chi connectivity index (χ3n) is 3.87. The number of thiophene rings is 1. The van der Waals surface area contributed by atoms with E-state index in [1.807, 2.05) is 29.3 Å². The molecule has 1 aromatic carbocycles. The maximum atomic E-state index is 12.5. The van der Waals surface area contributed by atoms with Gasteiger partial charge in [-0.25, -0.2) is 0 Å². The van der Waals surface area contributed by atoms with E-state index in [0.29, 0.717) is 10.4 Å². The number of aryl methyl sites for hydroxylation is 1. The molecule has 0 spiro atoms. The molecule has 2 N–H and O–H groups in total. The average molecular weight is 329 g/mol. The van der Waals surface area contributed by atoms with E-state index in [0.717, 1.165) is 37.4 Å². The van der Waals surface area contributed by atoms with Gasteiger partial charge in [-0.15, -0.1) is 11.3 Å². The Kier molecular flexibility index (Phi) is 4.73. The molecule has 0 bridgehead atoms. The molecule has 120 valence electrons. The first-order valence-corrected chi connectivity index (χ1v) is 8.48. The zero-order valence-electron chi connectivity index (χ0n) is 13.0. The van der Waals surface area contributed by atoms with Gasteiger partial charge in [-0.1, -0.05) is 6.07 Å². The summed E-state index contributed by atoms with van der Waals surface area (Å²) in [6.45, 7) is 5.03. The molecule has 2 heterocycles. The van der Waals surface area contributed by atoms with Crippen LogP contribution in [0.5, 0.6) is 0 Å². The van der Waals surface area contributed by atoms with Gasteiger partial charge in [0.2, 0.25) is 0 Å². The van der Waals surface area contributed by atoms with Gasteiger partial charge in [0.25, 0.3) is 11.8 Å². The lowest BCUT2D eigenvalue weighted by atomic mass is 10.1. The van der Waals surface area contributed by atoms with Gasteiger partial charge >= 0.3 is 0 Å². The quantitative estimate of drug-likeness (QED) is 0.909. The normalized spacial score (nSPS) is 14.6. The lowest BCUT2D eigenvalue weighted by Crippen LogP contribution is -2.46. The zero-order chi connectivity index (χ0) is 16.2. The second kappa shape index (κ2) is 6.93. The lowest BCUT2D eigenvalue weighted by molar-refractivity contribution is 0.0735. The molecule has 0 unspecified atom stereocenters. The van der Waals surface area contributed by atoms with Crippen LogP contribution in [0.25, 0.3) is 0 Å². The summed E-state index contributed by atoms with van der Waals surface area (Å²) in [5, 5.41) is 8.00. The molecule has 6 heteroatoms. The summed E-state index contributed by atoms with van der Waals surface area (Å²) in [6.07, 6.45) is 0. The molecular weight excluding hydrogens is 310 g/mol. The third-order valence-corrected chi connectivity index (χ3v) is 4.74. The van der Waals surface area contributed by atoms with Crippen LogP contribution in [0.1, 0.15) is 25.6 Å².